The molecule has 8 heteroatoms. The van der Waals surface area contributed by atoms with Gasteiger partial charge in [0.2, 0.25) is 10.0 Å². The molecule has 0 amide bonds. The molecule has 0 radical (unpaired) electrons. The Hall–Kier alpha value is -0.960. The molecule has 20 heavy (non-hydrogen) atoms. The van der Waals surface area contributed by atoms with E-state index in [2.05, 4.69) is 15.1 Å². The zero-order chi connectivity index (χ0) is 14.4. The van der Waals surface area contributed by atoms with Crippen LogP contribution in [-0.2, 0) is 21.3 Å². The predicted octanol–water partition coefficient (Wildman–Crippen LogP) is -0.0501. The summed E-state index contributed by atoms with van der Waals surface area (Å²) in [6, 6.07) is 0.647. The summed E-state index contributed by atoms with van der Waals surface area (Å²) in [6.45, 7) is 4.57. The quantitative estimate of drug-likeness (QED) is 0.592. The Morgan fingerprint density at radius 3 is 2.95 bits per heavy atom. The molecular formula is C12H22N4O3S. The maximum absolute atomic E-state index is 12.0. The molecule has 1 aromatic heterocycles. The van der Waals surface area contributed by atoms with Gasteiger partial charge in [0.05, 0.1) is 19.3 Å². The Labute approximate surface area is 119 Å². The summed E-state index contributed by atoms with van der Waals surface area (Å²) in [6.07, 6.45) is 5.41. The van der Waals surface area contributed by atoms with Gasteiger partial charge in [0, 0.05) is 31.9 Å². The molecule has 2 rings (SSSR count). The third-order valence-electron chi connectivity index (χ3n) is 3.01. The first-order valence-corrected chi connectivity index (χ1v) is 8.43. The molecule has 1 fully saturated rings. The van der Waals surface area contributed by atoms with E-state index < -0.39 is 10.0 Å². The van der Waals surface area contributed by atoms with Crippen LogP contribution in [0.5, 0.6) is 0 Å². The number of sulfonamides is 1. The molecule has 1 heterocycles. The fourth-order valence-electron chi connectivity index (χ4n) is 1.75. The average Bonchev–Trinajstić information content (AvgIpc) is 3.10. The Kier molecular flexibility index (Phi) is 5.53. The number of hydrogen-bond donors (Lipinski definition) is 2. The van der Waals surface area contributed by atoms with Crippen molar-refractivity contribution < 1.29 is 13.2 Å². The minimum atomic E-state index is -3.48. The smallest absolute Gasteiger partial charge is 0.243 e. The fourth-order valence-corrected chi connectivity index (χ4v) is 2.72. The highest BCUT2D eigenvalue weighted by molar-refractivity contribution is 7.89. The topological polar surface area (TPSA) is 85.2 Å². The standard InChI is InChI=1S/C12H22N4O3S/c1-2-19-8-6-15-20(17,18)12-9-14-16(10-12)7-5-13-11-3-4-11/h9-11,13,15H,2-8H2,1H3. The molecule has 0 saturated heterocycles. The van der Waals surface area contributed by atoms with E-state index >= 15 is 0 Å². The summed E-state index contributed by atoms with van der Waals surface area (Å²) >= 11 is 0. The van der Waals surface area contributed by atoms with Crippen LogP contribution in [0, 0.1) is 0 Å². The van der Waals surface area contributed by atoms with Gasteiger partial charge in [0.25, 0.3) is 0 Å². The van der Waals surface area contributed by atoms with Crippen molar-refractivity contribution in [2.24, 2.45) is 0 Å². The minimum absolute atomic E-state index is 0.195. The highest BCUT2D eigenvalue weighted by Gasteiger charge is 2.20. The first kappa shape index (κ1) is 15.4. The van der Waals surface area contributed by atoms with Crippen LogP contribution in [0.2, 0.25) is 0 Å². The number of rotatable bonds is 10. The van der Waals surface area contributed by atoms with Gasteiger partial charge in [-0.05, 0) is 19.8 Å². The van der Waals surface area contributed by atoms with E-state index in [0.717, 1.165) is 6.54 Å². The van der Waals surface area contributed by atoms with E-state index in [-0.39, 0.29) is 11.4 Å². The van der Waals surface area contributed by atoms with Crippen molar-refractivity contribution in [3.63, 3.8) is 0 Å². The molecule has 114 valence electrons. The Balaban J connectivity index is 1.79. The maximum atomic E-state index is 12.0. The van der Waals surface area contributed by atoms with Crippen molar-refractivity contribution in [2.75, 3.05) is 26.3 Å². The monoisotopic (exact) mass is 302 g/mol. The molecule has 0 unspecified atom stereocenters. The second-order valence-corrected chi connectivity index (χ2v) is 6.53. The van der Waals surface area contributed by atoms with E-state index in [1.54, 1.807) is 10.9 Å². The SMILES string of the molecule is CCOCCNS(=O)(=O)c1cnn(CCNC2CC2)c1. The van der Waals surface area contributed by atoms with Crippen molar-refractivity contribution in [3.05, 3.63) is 12.4 Å². The van der Waals surface area contributed by atoms with Crippen molar-refractivity contribution in [1.82, 2.24) is 19.8 Å². The molecule has 0 spiro atoms. The number of hydrogen-bond acceptors (Lipinski definition) is 5. The maximum Gasteiger partial charge on any atom is 0.243 e. The van der Waals surface area contributed by atoms with Gasteiger partial charge in [-0.15, -0.1) is 0 Å². The molecule has 0 aromatic carbocycles. The van der Waals surface area contributed by atoms with Gasteiger partial charge in [-0.1, -0.05) is 0 Å². The van der Waals surface area contributed by atoms with Crippen LogP contribution in [-0.4, -0.2) is 50.5 Å². The molecule has 0 bridgehead atoms. The molecular weight excluding hydrogens is 280 g/mol. The van der Waals surface area contributed by atoms with Gasteiger partial charge >= 0.3 is 0 Å². The third kappa shape index (κ3) is 4.86. The Morgan fingerprint density at radius 2 is 2.25 bits per heavy atom. The summed E-state index contributed by atoms with van der Waals surface area (Å²) in [7, 11) is -3.48. The van der Waals surface area contributed by atoms with Crippen molar-refractivity contribution in [2.45, 2.75) is 37.2 Å². The summed E-state index contributed by atoms with van der Waals surface area (Å²) in [5.41, 5.74) is 0. The van der Waals surface area contributed by atoms with E-state index in [0.29, 0.717) is 25.8 Å². The molecule has 1 saturated carbocycles. The van der Waals surface area contributed by atoms with Crippen LogP contribution in [0.1, 0.15) is 19.8 Å². The lowest BCUT2D eigenvalue weighted by Gasteiger charge is -2.04. The molecule has 7 nitrogen and oxygen atoms in total. The van der Waals surface area contributed by atoms with Crippen molar-refractivity contribution in [3.8, 4) is 0 Å². The number of nitrogens with zero attached hydrogens (tertiary/aromatic N) is 2. The third-order valence-corrected chi connectivity index (χ3v) is 4.43. The second-order valence-electron chi connectivity index (χ2n) is 4.76. The summed E-state index contributed by atoms with van der Waals surface area (Å²) in [5, 5.41) is 7.43. The number of aromatic nitrogens is 2. The molecule has 0 atom stereocenters. The highest BCUT2D eigenvalue weighted by atomic mass is 32.2. The summed E-state index contributed by atoms with van der Waals surface area (Å²) in [4.78, 5) is 0.195. The average molecular weight is 302 g/mol. The van der Waals surface area contributed by atoms with Gasteiger partial charge < -0.3 is 10.1 Å². The first-order valence-electron chi connectivity index (χ1n) is 6.95. The van der Waals surface area contributed by atoms with Gasteiger partial charge in [-0.3, -0.25) is 4.68 Å². The lowest BCUT2D eigenvalue weighted by Crippen LogP contribution is -2.27. The second kappa shape index (κ2) is 7.16. The predicted molar refractivity (Wildman–Crippen MR) is 74.9 cm³/mol. The van der Waals surface area contributed by atoms with Crippen LogP contribution in [0.3, 0.4) is 0 Å². The van der Waals surface area contributed by atoms with E-state index in [9.17, 15) is 8.42 Å². The number of nitrogens with one attached hydrogen (secondary N) is 2. The lowest BCUT2D eigenvalue weighted by atomic mass is 10.6. The van der Waals surface area contributed by atoms with Crippen LogP contribution in [0.15, 0.2) is 17.3 Å². The molecule has 1 aliphatic rings. The van der Waals surface area contributed by atoms with Crippen LogP contribution < -0.4 is 10.0 Å². The van der Waals surface area contributed by atoms with Gasteiger partial charge in [-0.2, -0.15) is 5.10 Å². The van der Waals surface area contributed by atoms with Crippen LogP contribution in [0.25, 0.3) is 0 Å². The summed E-state index contributed by atoms with van der Waals surface area (Å²) < 4.78 is 33.2. The molecule has 2 N–H and O–H groups in total. The Morgan fingerprint density at radius 1 is 1.45 bits per heavy atom. The van der Waals surface area contributed by atoms with E-state index in [1.807, 2.05) is 6.92 Å². The fraction of sp³-hybridized carbons (Fsp3) is 0.750. The van der Waals surface area contributed by atoms with Gasteiger partial charge in [-0.25, -0.2) is 13.1 Å². The van der Waals surface area contributed by atoms with E-state index in [1.165, 1.54) is 19.0 Å². The molecule has 0 aliphatic heterocycles. The number of ether oxygens (including phenoxy) is 1. The zero-order valence-corrected chi connectivity index (χ0v) is 12.5. The molecule has 1 aliphatic carbocycles. The minimum Gasteiger partial charge on any atom is -0.380 e. The van der Waals surface area contributed by atoms with Crippen molar-refractivity contribution in [1.29, 1.82) is 0 Å². The normalized spacial score (nSPS) is 15.7. The lowest BCUT2D eigenvalue weighted by molar-refractivity contribution is 0.153. The van der Waals surface area contributed by atoms with Gasteiger partial charge in [0.15, 0.2) is 0 Å². The zero-order valence-electron chi connectivity index (χ0n) is 11.7. The van der Waals surface area contributed by atoms with Gasteiger partial charge in [0.1, 0.15) is 4.90 Å². The van der Waals surface area contributed by atoms with E-state index in [4.69, 9.17) is 4.74 Å². The first-order chi connectivity index (χ1) is 9.62. The molecule has 1 aromatic rings. The Bertz CT molecular complexity index is 511. The van der Waals surface area contributed by atoms with Crippen molar-refractivity contribution >= 4 is 10.0 Å². The van der Waals surface area contributed by atoms with Crippen LogP contribution >= 0.6 is 0 Å². The largest absolute Gasteiger partial charge is 0.380 e. The summed E-state index contributed by atoms with van der Waals surface area (Å²) in [5.74, 6) is 0. The highest BCUT2D eigenvalue weighted by Crippen LogP contribution is 2.18. The van der Waals surface area contributed by atoms with Crippen LogP contribution in [0.4, 0.5) is 0 Å².